The lowest BCUT2D eigenvalue weighted by Crippen LogP contribution is -2.30. The topological polar surface area (TPSA) is 55.3 Å². The number of hydrogen-bond donors (Lipinski definition) is 2. The Morgan fingerprint density at radius 1 is 1.30 bits per heavy atom. The third kappa shape index (κ3) is 5.28. The van der Waals surface area contributed by atoms with E-state index >= 15 is 0 Å². The molecule has 0 aliphatic heterocycles. The summed E-state index contributed by atoms with van der Waals surface area (Å²) in [6.45, 7) is 9.37. The van der Waals surface area contributed by atoms with Crippen molar-refractivity contribution in [2.45, 2.75) is 33.7 Å². The maximum absolute atomic E-state index is 11.9. The Bertz CT molecular complexity index is 634. The Morgan fingerprint density at radius 2 is 2.13 bits per heavy atom. The average molecular weight is 317 g/mol. The van der Waals surface area contributed by atoms with Crippen LogP contribution in [0.4, 0.5) is 10.5 Å². The predicted molar refractivity (Wildman–Crippen MR) is 94.9 cm³/mol. The highest BCUT2D eigenvalue weighted by Crippen LogP contribution is 2.21. The minimum Gasteiger partial charge on any atom is -0.382 e. The van der Waals surface area contributed by atoms with E-state index in [-0.39, 0.29) is 6.03 Å². The van der Waals surface area contributed by atoms with Gasteiger partial charge in [0.05, 0.1) is 0 Å². The molecule has 1 aromatic heterocycles. The van der Waals surface area contributed by atoms with Crippen molar-refractivity contribution in [2.75, 3.05) is 25.1 Å². The van der Waals surface area contributed by atoms with Crippen LogP contribution in [0.25, 0.3) is 10.9 Å². The number of nitrogens with zero attached hydrogens (tertiary/aromatic N) is 1. The van der Waals surface area contributed by atoms with Gasteiger partial charge in [0, 0.05) is 49.1 Å². The minimum absolute atomic E-state index is 0.178. The van der Waals surface area contributed by atoms with E-state index in [9.17, 15) is 4.79 Å². The summed E-state index contributed by atoms with van der Waals surface area (Å²) in [4.78, 5) is 11.9. The average Bonchev–Trinajstić information content (AvgIpc) is 2.89. The molecule has 2 aromatic rings. The third-order valence-electron chi connectivity index (χ3n) is 3.55. The quantitative estimate of drug-likeness (QED) is 0.727. The maximum atomic E-state index is 11.9. The van der Waals surface area contributed by atoms with Crippen molar-refractivity contribution in [1.29, 1.82) is 0 Å². The first-order valence-corrected chi connectivity index (χ1v) is 8.31. The van der Waals surface area contributed by atoms with E-state index in [1.165, 1.54) is 5.52 Å². The smallest absolute Gasteiger partial charge is 0.319 e. The Morgan fingerprint density at radius 3 is 2.87 bits per heavy atom. The second kappa shape index (κ2) is 8.58. The number of ether oxygens (including phenoxy) is 1. The van der Waals surface area contributed by atoms with Crippen molar-refractivity contribution in [3.8, 4) is 0 Å². The standard InChI is InChI=1S/C18H27N3O2/c1-4-23-11-5-9-19-18(22)20-16-6-7-17-15(12-16)8-10-21(17)13-14(2)3/h6-8,10,12,14H,4-5,9,11,13H2,1-3H3,(H2,19,20,22). The summed E-state index contributed by atoms with van der Waals surface area (Å²) in [6, 6.07) is 7.92. The molecule has 5 heteroatoms. The number of fused-ring (bicyclic) bond motifs is 1. The van der Waals surface area contributed by atoms with Crippen molar-refractivity contribution in [2.24, 2.45) is 5.92 Å². The molecular formula is C18H27N3O2. The van der Waals surface area contributed by atoms with Crippen molar-refractivity contribution in [3.63, 3.8) is 0 Å². The van der Waals surface area contributed by atoms with Crippen molar-refractivity contribution in [3.05, 3.63) is 30.5 Å². The monoisotopic (exact) mass is 317 g/mol. The van der Waals surface area contributed by atoms with Crippen LogP contribution in [0.15, 0.2) is 30.5 Å². The van der Waals surface area contributed by atoms with E-state index in [0.717, 1.165) is 24.0 Å². The fourth-order valence-electron chi connectivity index (χ4n) is 2.53. The second-order valence-electron chi connectivity index (χ2n) is 6.07. The molecular weight excluding hydrogens is 290 g/mol. The van der Waals surface area contributed by atoms with E-state index in [1.54, 1.807) is 0 Å². The fourth-order valence-corrected chi connectivity index (χ4v) is 2.53. The van der Waals surface area contributed by atoms with Gasteiger partial charge in [0.15, 0.2) is 0 Å². The summed E-state index contributed by atoms with van der Waals surface area (Å²) in [6.07, 6.45) is 2.92. The summed E-state index contributed by atoms with van der Waals surface area (Å²) in [5, 5.41) is 6.85. The van der Waals surface area contributed by atoms with Crippen LogP contribution in [0.5, 0.6) is 0 Å². The summed E-state index contributed by atoms with van der Waals surface area (Å²) in [5.74, 6) is 0.603. The number of anilines is 1. The summed E-state index contributed by atoms with van der Waals surface area (Å²) in [5.41, 5.74) is 2.00. The second-order valence-corrected chi connectivity index (χ2v) is 6.07. The van der Waals surface area contributed by atoms with Gasteiger partial charge in [-0.05, 0) is 43.5 Å². The number of carbonyl (C=O) groups excluding carboxylic acids is 1. The normalized spacial score (nSPS) is 11.1. The van der Waals surface area contributed by atoms with Gasteiger partial charge in [-0.1, -0.05) is 13.8 Å². The molecule has 0 saturated carbocycles. The van der Waals surface area contributed by atoms with E-state index in [4.69, 9.17) is 4.74 Å². The Balaban J connectivity index is 1.89. The maximum Gasteiger partial charge on any atom is 0.319 e. The Labute approximate surface area is 138 Å². The molecule has 2 amide bonds. The molecule has 5 nitrogen and oxygen atoms in total. The van der Waals surface area contributed by atoms with Gasteiger partial charge in [0.25, 0.3) is 0 Å². The SMILES string of the molecule is CCOCCCNC(=O)Nc1ccc2c(ccn2CC(C)C)c1. The minimum atomic E-state index is -0.178. The zero-order valence-electron chi connectivity index (χ0n) is 14.3. The summed E-state index contributed by atoms with van der Waals surface area (Å²) < 4.78 is 7.49. The van der Waals surface area contributed by atoms with Crippen molar-refractivity contribution in [1.82, 2.24) is 9.88 Å². The summed E-state index contributed by atoms with van der Waals surface area (Å²) in [7, 11) is 0. The van der Waals surface area contributed by atoms with Crippen molar-refractivity contribution >= 4 is 22.6 Å². The first-order chi connectivity index (χ1) is 11.1. The van der Waals surface area contributed by atoms with E-state index in [2.05, 4.69) is 47.4 Å². The van der Waals surface area contributed by atoms with Gasteiger partial charge in [0.1, 0.15) is 0 Å². The molecule has 2 rings (SSSR count). The van der Waals surface area contributed by atoms with Gasteiger partial charge in [-0.3, -0.25) is 0 Å². The van der Waals surface area contributed by atoms with E-state index in [0.29, 0.717) is 25.7 Å². The number of nitrogens with one attached hydrogen (secondary N) is 2. The number of urea groups is 1. The molecule has 1 aromatic carbocycles. The molecule has 0 fully saturated rings. The molecule has 1 heterocycles. The molecule has 126 valence electrons. The van der Waals surface area contributed by atoms with Gasteiger partial charge in [-0.25, -0.2) is 4.79 Å². The molecule has 0 radical (unpaired) electrons. The van der Waals surface area contributed by atoms with Crippen LogP contribution in [0.1, 0.15) is 27.2 Å². The largest absolute Gasteiger partial charge is 0.382 e. The molecule has 2 N–H and O–H groups in total. The first kappa shape index (κ1) is 17.3. The van der Waals surface area contributed by atoms with Crippen molar-refractivity contribution < 1.29 is 9.53 Å². The molecule has 0 bridgehead atoms. The van der Waals surface area contributed by atoms with E-state index < -0.39 is 0 Å². The van der Waals surface area contributed by atoms with Crippen LogP contribution < -0.4 is 10.6 Å². The molecule has 0 aliphatic rings. The molecule has 23 heavy (non-hydrogen) atoms. The van der Waals surface area contributed by atoms with Crippen LogP contribution in [-0.4, -0.2) is 30.4 Å². The van der Waals surface area contributed by atoms with Crippen LogP contribution in [0, 0.1) is 5.92 Å². The molecule has 0 saturated heterocycles. The number of hydrogen-bond acceptors (Lipinski definition) is 2. The number of carbonyl (C=O) groups is 1. The van der Waals surface area contributed by atoms with Crippen LogP contribution >= 0.6 is 0 Å². The number of rotatable bonds is 8. The lowest BCUT2D eigenvalue weighted by Gasteiger charge is -2.10. The van der Waals surface area contributed by atoms with Gasteiger partial charge < -0.3 is 19.9 Å². The van der Waals surface area contributed by atoms with Crippen LogP contribution in [-0.2, 0) is 11.3 Å². The molecule has 0 spiro atoms. The van der Waals surface area contributed by atoms with Gasteiger partial charge in [0.2, 0.25) is 0 Å². The highest BCUT2D eigenvalue weighted by atomic mass is 16.5. The summed E-state index contributed by atoms with van der Waals surface area (Å²) >= 11 is 0. The zero-order chi connectivity index (χ0) is 16.7. The fraction of sp³-hybridized carbons (Fsp3) is 0.500. The lowest BCUT2D eigenvalue weighted by atomic mass is 10.2. The van der Waals surface area contributed by atoms with Gasteiger partial charge in [-0.2, -0.15) is 0 Å². The number of aromatic nitrogens is 1. The predicted octanol–water partition coefficient (Wildman–Crippen LogP) is 3.85. The van der Waals surface area contributed by atoms with Gasteiger partial charge in [-0.15, -0.1) is 0 Å². The highest BCUT2D eigenvalue weighted by molar-refractivity contribution is 5.92. The van der Waals surface area contributed by atoms with Gasteiger partial charge >= 0.3 is 6.03 Å². The Kier molecular flexibility index (Phi) is 6.47. The number of amides is 2. The highest BCUT2D eigenvalue weighted by Gasteiger charge is 2.06. The first-order valence-electron chi connectivity index (χ1n) is 8.31. The third-order valence-corrected chi connectivity index (χ3v) is 3.55. The zero-order valence-corrected chi connectivity index (χ0v) is 14.3. The molecule has 0 atom stereocenters. The molecule has 0 aliphatic carbocycles. The lowest BCUT2D eigenvalue weighted by molar-refractivity contribution is 0.145. The molecule has 0 unspecified atom stereocenters. The Hall–Kier alpha value is -2.01. The number of benzene rings is 1. The van der Waals surface area contributed by atoms with E-state index in [1.807, 2.05) is 19.1 Å². The van der Waals surface area contributed by atoms with Crippen LogP contribution in [0.3, 0.4) is 0 Å². The van der Waals surface area contributed by atoms with Crippen LogP contribution in [0.2, 0.25) is 0 Å².